The molecule has 0 radical (unpaired) electrons. The molecular formula is C15H17NO3. The third kappa shape index (κ3) is 2.16. The average molecular weight is 259 g/mol. The molecule has 0 aromatic heterocycles. The highest BCUT2D eigenvalue weighted by atomic mass is 16.5. The molecule has 0 bridgehead atoms. The largest absolute Gasteiger partial charge is 0.378 e. The van der Waals surface area contributed by atoms with Gasteiger partial charge in [0.15, 0.2) is 5.78 Å². The Hall–Kier alpha value is -1.68. The summed E-state index contributed by atoms with van der Waals surface area (Å²) >= 11 is 0. The van der Waals surface area contributed by atoms with Crippen LogP contribution in [-0.2, 0) is 9.53 Å². The van der Waals surface area contributed by atoms with Gasteiger partial charge in [0.2, 0.25) is 5.91 Å². The number of carbonyl (C=O) groups excluding carboxylic acids is 2. The van der Waals surface area contributed by atoms with Gasteiger partial charge in [0.05, 0.1) is 19.1 Å². The van der Waals surface area contributed by atoms with Crippen molar-refractivity contribution >= 4 is 11.7 Å². The highest BCUT2D eigenvalue weighted by Crippen LogP contribution is 2.35. The Morgan fingerprint density at radius 3 is 2.79 bits per heavy atom. The van der Waals surface area contributed by atoms with Crippen molar-refractivity contribution in [3.8, 4) is 0 Å². The van der Waals surface area contributed by atoms with Gasteiger partial charge in [-0.25, -0.2) is 0 Å². The van der Waals surface area contributed by atoms with Gasteiger partial charge in [0, 0.05) is 25.1 Å². The molecule has 1 unspecified atom stereocenters. The molecule has 0 saturated carbocycles. The molecule has 4 nitrogen and oxygen atoms in total. The van der Waals surface area contributed by atoms with Crippen LogP contribution < -0.4 is 0 Å². The highest BCUT2D eigenvalue weighted by Gasteiger charge is 2.36. The Balaban J connectivity index is 1.87. The Kier molecular flexibility index (Phi) is 3.11. The van der Waals surface area contributed by atoms with E-state index in [4.69, 9.17) is 4.74 Å². The lowest BCUT2D eigenvalue weighted by atomic mass is 9.98. The summed E-state index contributed by atoms with van der Waals surface area (Å²) in [5, 5.41) is 0. The quantitative estimate of drug-likeness (QED) is 0.768. The maximum atomic E-state index is 12.5. The molecule has 0 spiro atoms. The Morgan fingerprint density at radius 1 is 1.32 bits per heavy atom. The minimum atomic E-state index is -0.291. The van der Waals surface area contributed by atoms with Crippen LogP contribution in [0.15, 0.2) is 18.2 Å². The Morgan fingerprint density at radius 2 is 2.05 bits per heavy atom. The number of hydrogen-bond donors (Lipinski definition) is 0. The monoisotopic (exact) mass is 259 g/mol. The molecule has 1 aromatic rings. The first-order valence-corrected chi connectivity index (χ1v) is 6.67. The van der Waals surface area contributed by atoms with Crippen LogP contribution in [0.2, 0.25) is 0 Å². The first-order valence-electron chi connectivity index (χ1n) is 6.67. The van der Waals surface area contributed by atoms with Crippen LogP contribution >= 0.6 is 0 Å². The zero-order valence-corrected chi connectivity index (χ0v) is 11.0. The van der Waals surface area contributed by atoms with Crippen molar-refractivity contribution in [1.82, 2.24) is 4.90 Å². The maximum absolute atomic E-state index is 12.5. The van der Waals surface area contributed by atoms with Crippen LogP contribution in [0.5, 0.6) is 0 Å². The van der Waals surface area contributed by atoms with Gasteiger partial charge in [-0.1, -0.05) is 17.7 Å². The highest BCUT2D eigenvalue weighted by molar-refractivity contribution is 6.06. The number of ether oxygens (including phenoxy) is 1. The van der Waals surface area contributed by atoms with Gasteiger partial charge in [-0.15, -0.1) is 0 Å². The van der Waals surface area contributed by atoms with Gasteiger partial charge in [0.25, 0.3) is 0 Å². The van der Waals surface area contributed by atoms with Gasteiger partial charge in [-0.05, 0) is 18.6 Å². The smallest absolute Gasteiger partial charge is 0.230 e. The van der Waals surface area contributed by atoms with Gasteiger partial charge >= 0.3 is 0 Å². The SMILES string of the molecule is Cc1ccc2c(c1)C(=O)CC2C(=O)N1CCOCC1. The molecule has 100 valence electrons. The lowest BCUT2D eigenvalue weighted by Gasteiger charge is -2.29. The molecule has 1 fully saturated rings. The van der Waals surface area contributed by atoms with E-state index in [1.807, 2.05) is 30.0 Å². The molecule has 19 heavy (non-hydrogen) atoms. The fourth-order valence-electron chi connectivity index (χ4n) is 2.85. The molecule has 1 aliphatic heterocycles. The molecule has 1 aliphatic carbocycles. The van der Waals surface area contributed by atoms with Crippen molar-refractivity contribution in [2.75, 3.05) is 26.3 Å². The van der Waals surface area contributed by atoms with E-state index in [-0.39, 0.29) is 17.6 Å². The minimum absolute atomic E-state index is 0.0688. The predicted molar refractivity (Wildman–Crippen MR) is 70.3 cm³/mol. The fourth-order valence-corrected chi connectivity index (χ4v) is 2.85. The Labute approximate surface area is 112 Å². The number of Topliss-reactive ketones (excluding diaryl/α,β-unsaturated/α-hetero) is 1. The number of nitrogens with zero attached hydrogens (tertiary/aromatic N) is 1. The van der Waals surface area contributed by atoms with E-state index in [0.29, 0.717) is 32.7 Å². The standard InChI is InChI=1S/C15H17NO3/c1-10-2-3-11-12(8-10)14(17)9-13(11)15(18)16-4-6-19-7-5-16/h2-3,8,13H,4-7,9H2,1H3. The van der Waals surface area contributed by atoms with Crippen molar-refractivity contribution in [3.05, 3.63) is 34.9 Å². The van der Waals surface area contributed by atoms with E-state index in [1.165, 1.54) is 0 Å². The lowest BCUT2D eigenvalue weighted by Crippen LogP contribution is -2.42. The molecule has 1 heterocycles. The number of hydrogen-bond acceptors (Lipinski definition) is 3. The minimum Gasteiger partial charge on any atom is -0.378 e. The average Bonchev–Trinajstić information content (AvgIpc) is 2.76. The molecule has 1 amide bonds. The summed E-state index contributed by atoms with van der Waals surface area (Å²) in [5.41, 5.74) is 2.69. The van der Waals surface area contributed by atoms with Crippen molar-refractivity contribution in [3.63, 3.8) is 0 Å². The van der Waals surface area contributed by atoms with Crippen molar-refractivity contribution in [1.29, 1.82) is 0 Å². The topological polar surface area (TPSA) is 46.6 Å². The summed E-state index contributed by atoms with van der Waals surface area (Å²) in [7, 11) is 0. The number of amides is 1. The molecule has 1 aromatic carbocycles. The summed E-state index contributed by atoms with van der Waals surface area (Å²) in [4.78, 5) is 26.3. The summed E-state index contributed by atoms with van der Waals surface area (Å²) in [6.07, 6.45) is 0.314. The second-order valence-corrected chi connectivity index (χ2v) is 5.21. The van der Waals surface area contributed by atoms with Crippen molar-refractivity contribution < 1.29 is 14.3 Å². The van der Waals surface area contributed by atoms with E-state index in [2.05, 4.69) is 0 Å². The van der Waals surface area contributed by atoms with Gasteiger partial charge in [0.1, 0.15) is 0 Å². The molecular weight excluding hydrogens is 242 g/mol. The predicted octanol–water partition coefficient (Wildman–Crippen LogP) is 1.52. The first-order chi connectivity index (χ1) is 9.16. The molecule has 1 saturated heterocycles. The number of aryl methyl sites for hydroxylation is 1. The summed E-state index contributed by atoms with van der Waals surface area (Å²) < 4.78 is 5.26. The molecule has 0 N–H and O–H groups in total. The number of fused-ring (bicyclic) bond motifs is 1. The lowest BCUT2D eigenvalue weighted by molar-refractivity contribution is -0.136. The van der Waals surface area contributed by atoms with Gasteiger partial charge < -0.3 is 9.64 Å². The van der Waals surface area contributed by atoms with E-state index >= 15 is 0 Å². The third-order valence-electron chi connectivity index (χ3n) is 3.89. The zero-order valence-electron chi connectivity index (χ0n) is 11.0. The summed E-state index contributed by atoms with van der Waals surface area (Å²) in [6.45, 7) is 4.40. The number of rotatable bonds is 1. The van der Waals surface area contributed by atoms with Crippen LogP contribution in [0.3, 0.4) is 0 Å². The normalized spacial score (nSPS) is 22.5. The van der Waals surface area contributed by atoms with Crippen molar-refractivity contribution in [2.45, 2.75) is 19.3 Å². The van der Waals surface area contributed by atoms with Crippen molar-refractivity contribution in [2.24, 2.45) is 0 Å². The molecule has 3 rings (SSSR count). The van der Waals surface area contributed by atoms with E-state index < -0.39 is 0 Å². The summed E-state index contributed by atoms with van der Waals surface area (Å²) in [6, 6.07) is 5.79. The fraction of sp³-hybridized carbons (Fsp3) is 0.467. The van der Waals surface area contributed by atoms with E-state index in [0.717, 1.165) is 16.7 Å². The zero-order chi connectivity index (χ0) is 13.4. The second-order valence-electron chi connectivity index (χ2n) is 5.21. The van der Waals surface area contributed by atoms with Crippen LogP contribution in [-0.4, -0.2) is 42.9 Å². The number of ketones is 1. The van der Waals surface area contributed by atoms with Crippen LogP contribution in [0.1, 0.15) is 33.8 Å². The number of benzene rings is 1. The third-order valence-corrected chi connectivity index (χ3v) is 3.89. The second kappa shape index (κ2) is 4.78. The van der Waals surface area contributed by atoms with Crippen LogP contribution in [0.25, 0.3) is 0 Å². The molecule has 1 atom stereocenters. The van der Waals surface area contributed by atoms with Crippen LogP contribution in [0.4, 0.5) is 0 Å². The number of morpholine rings is 1. The molecule has 4 heteroatoms. The number of carbonyl (C=O) groups is 2. The Bertz CT molecular complexity index is 532. The van der Waals surface area contributed by atoms with E-state index in [9.17, 15) is 9.59 Å². The maximum Gasteiger partial charge on any atom is 0.230 e. The first kappa shape index (κ1) is 12.4. The molecule has 2 aliphatic rings. The van der Waals surface area contributed by atoms with E-state index in [1.54, 1.807) is 0 Å². The van der Waals surface area contributed by atoms with Gasteiger partial charge in [-0.3, -0.25) is 9.59 Å². The summed E-state index contributed by atoms with van der Waals surface area (Å²) in [5.74, 6) is -0.134. The van der Waals surface area contributed by atoms with Crippen LogP contribution in [0, 0.1) is 6.92 Å². The van der Waals surface area contributed by atoms with Gasteiger partial charge in [-0.2, -0.15) is 0 Å².